The summed E-state index contributed by atoms with van der Waals surface area (Å²) in [5, 5.41) is 3.65. The van der Waals surface area contributed by atoms with Crippen molar-refractivity contribution in [2.45, 2.75) is 59.4 Å². The molecule has 3 atom stereocenters. The molecule has 1 aliphatic carbocycles. The lowest BCUT2D eigenvalue weighted by Gasteiger charge is -2.55. The van der Waals surface area contributed by atoms with E-state index in [9.17, 15) is 0 Å². The van der Waals surface area contributed by atoms with Gasteiger partial charge in [-0.05, 0) is 61.3 Å². The van der Waals surface area contributed by atoms with E-state index in [2.05, 4.69) is 58.1 Å². The van der Waals surface area contributed by atoms with Crippen molar-refractivity contribution in [3.63, 3.8) is 0 Å². The SMILES string of the molecule is CCNC1CC(c2ccc(C)c(C)c2)C1(C)CC. The molecule has 0 heterocycles. The predicted molar refractivity (Wildman–Crippen MR) is 79.1 cm³/mol. The van der Waals surface area contributed by atoms with Crippen LogP contribution in [0.4, 0.5) is 0 Å². The third kappa shape index (κ3) is 2.09. The molecule has 0 spiro atoms. The van der Waals surface area contributed by atoms with Crippen molar-refractivity contribution < 1.29 is 0 Å². The van der Waals surface area contributed by atoms with E-state index in [0.717, 1.165) is 12.5 Å². The number of hydrogen-bond donors (Lipinski definition) is 1. The highest BCUT2D eigenvalue weighted by Crippen LogP contribution is 2.54. The zero-order valence-electron chi connectivity index (χ0n) is 12.5. The van der Waals surface area contributed by atoms with E-state index in [1.165, 1.54) is 29.5 Å². The van der Waals surface area contributed by atoms with Gasteiger partial charge in [-0.1, -0.05) is 39.0 Å². The molecule has 2 rings (SSSR count). The van der Waals surface area contributed by atoms with Crippen molar-refractivity contribution in [1.82, 2.24) is 5.32 Å². The molecule has 0 aromatic heterocycles. The fourth-order valence-electron chi connectivity index (χ4n) is 3.41. The Morgan fingerprint density at radius 1 is 1.22 bits per heavy atom. The first-order valence-corrected chi connectivity index (χ1v) is 7.33. The van der Waals surface area contributed by atoms with Crippen LogP contribution in [-0.4, -0.2) is 12.6 Å². The van der Waals surface area contributed by atoms with Gasteiger partial charge in [0.1, 0.15) is 0 Å². The maximum Gasteiger partial charge on any atom is 0.0132 e. The summed E-state index contributed by atoms with van der Waals surface area (Å²) in [5.41, 5.74) is 4.80. The first-order chi connectivity index (χ1) is 8.52. The second kappa shape index (κ2) is 5.05. The molecule has 0 amide bonds. The minimum absolute atomic E-state index is 0.428. The average Bonchev–Trinajstić information content (AvgIpc) is 2.36. The van der Waals surface area contributed by atoms with Crippen molar-refractivity contribution >= 4 is 0 Å². The zero-order chi connectivity index (χ0) is 13.3. The Balaban J connectivity index is 2.22. The summed E-state index contributed by atoms with van der Waals surface area (Å²) in [6.07, 6.45) is 2.54. The fraction of sp³-hybridized carbons (Fsp3) is 0.647. The minimum Gasteiger partial charge on any atom is -0.314 e. The highest BCUT2D eigenvalue weighted by Gasteiger charge is 2.50. The van der Waals surface area contributed by atoms with E-state index in [0.29, 0.717) is 11.5 Å². The van der Waals surface area contributed by atoms with Crippen LogP contribution >= 0.6 is 0 Å². The topological polar surface area (TPSA) is 12.0 Å². The highest BCUT2D eigenvalue weighted by atomic mass is 15.0. The summed E-state index contributed by atoms with van der Waals surface area (Å²) >= 11 is 0. The molecule has 1 heteroatoms. The zero-order valence-corrected chi connectivity index (χ0v) is 12.5. The number of hydrogen-bond acceptors (Lipinski definition) is 1. The Kier molecular flexibility index (Phi) is 3.82. The van der Waals surface area contributed by atoms with Gasteiger partial charge in [-0.3, -0.25) is 0 Å². The van der Waals surface area contributed by atoms with Crippen LogP contribution in [0.2, 0.25) is 0 Å². The fourth-order valence-corrected chi connectivity index (χ4v) is 3.41. The van der Waals surface area contributed by atoms with Gasteiger partial charge >= 0.3 is 0 Å². The molecule has 1 aromatic carbocycles. The van der Waals surface area contributed by atoms with E-state index in [1.807, 2.05) is 0 Å². The number of nitrogens with one attached hydrogen (secondary N) is 1. The smallest absolute Gasteiger partial charge is 0.0132 e. The maximum absolute atomic E-state index is 3.65. The first kappa shape index (κ1) is 13.6. The molecule has 100 valence electrons. The number of rotatable bonds is 4. The van der Waals surface area contributed by atoms with Crippen molar-refractivity contribution in [2.24, 2.45) is 5.41 Å². The molecule has 1 saturated carbocycles. The lowest BCUT2D eigenvalue weighted by Crippen LogP contribution is -2.56. The second-order valence-electron chi connectivity index (χ2n) is 6.10. The molecule has 18 heavy (non-hydrogen) atoms. The standard InChI is InChI=1S/C17H27N/c1-6-17(5)15(11-16(17)18-7-2)14-9-8-12(3)13(4)10-14/h8-10,15-16,18H,6-7,11H2,1-5H3. The van der Waals surface area contributed by atoms with Crippen LogP contribution in [0.5, 0.6) is 0 Å². The largest absolute Gasteiger partial charge is 0.314 e. The van der Waals surface area contributed by atoms with E-state index in [1.54, 1.807) is 0 Å². The van der Waals surface area contributed by atoms with Gasteiger partial charge in [0.2, 0.25) is 0 Å². The Morgan fingerprint density at radius 3 is 2.50 bits per heavy atom. The monoisotopic (exact) mass is 245 g/mol. The molecule has 0 saturated heterocycles. The first-order valence-electron chi connectivity index (χ1n) is 7.33. The molecule has 0 radical (unpaired) electrons. The molecule has 1 aromatic rings. The molecule has 0 aliphatic heterocycles. The van der Waals surface area contributed by atoms with Gasteiger partial charge in [0.15, 0.2) is 0 Å². The minimum atomic E-state index is 0.428. The van der Waals surface area contributed by atoms with E-state index in [4.69, 9.17) is 0 Å². The third-order valence-electron chi connectivity index (χ3n) is 5.21. The van der Waals surface area contributed by atoms with Crippen molar-refractivity contribution in [2.75, 3.05) is 6.54 Å². The third-order valence-corrected chi connectivity index (χ3v) is 5.21. The molecule has 0 bridgehead atoms. The Labute approximate surface area is 112 Å². The predicted octanol–water partition coefficient (Wildman–Crippen LogP) is 4.19. The molecule has 1 aliphatic rings. The van der Waals surface area contributed by atoms with Crippen LogP contribution in [0.25, 0.3) is 0 Å². The van der Waals surface area contributed by atoms with Crippen molar-refractivity contribution in [3.8, 4) is 0 Å². The lowest BCUT2D eigenvalue weighted by atomic mass is 9.54. The Hall–Kier alpha value is -0.820. The summed E-state index contributed by atoms with van der Waals surface area (Å²) in [4.78, 5) is 0. The van der Waals surface area contributed by atoms with Gasteiger partial charge in [0.05, 0.1) is 0 Å². The normalized spacial score (nSPS) is 31.2. The van der Waals surface area contributed by atoms with Crippen LogP contribution in [0, 0.1) is 19.3 Å². The average molecular weight is 245 g/mol. The molecule has 1 fully saturated rings. The van der Waals surface area contributed by atoms with Crippen molar-refractivity contribution in [3.05, 3.63) is 34.9 Å². The van der Waals surface area contributed by atoms with E-state index < -0.39 is 0 Å². The summed E-state index contributed by atoms with van der Waals surface area (Å²) in [5.74, 6) is 0.728. The van der Waals surface area contributed by atoms with Crippen LogP contribution in [0.3, 0.4) is 0 Å². The molecular weight excluding hydrogens is 218 g/mol. The Morgan fingerprint density at radius 2 is 1.94 bits per heavy atom. The summed E-state index contributed by atoms with van der Waals surface area (Å²) < 4.78 is 0. The molecule has 1 N–H and O–H groups in total. The van der Waals surface area contributed by atoms with Gasteiger partial charge < -0.3 is 5.32 Å². The number of aryl methyl sites for hydroxylation is 2. The van der Waals surface area contributed by atoms with Crippen LogP contribution in [-0.2, 0) is 0 Å². The van der Waals surface area contributed by atoms with Crippen LogP contribution < -0.4 is 5.32 Å². The summed E-state index contributed by atoms with van der Waals surface area (Å²) in [6, 6.07) is 7.71. The maximum atomic E-state index is 3.65. The number of benzene rings is 1. The highest BCUT2D eigenvalue weighted by molar-refractivity contribution is 5.35. The van der Waals surface area contributed by atoms with E-state index >= 15 is 0 Å². The molecule has 1 nitrogen and oxygen atoms in total. The van der Waals surface area contributed by atoms with Crippen LogP contribution in [0.1, 0.15) is 56.2 Å². The summed E-state index contributed by atoms with van der Waals surface area (Å²) in [6.45, 7) is 12.5. The molecule has 3 unspecified atom stereocenters. The Bertz CT molecular complexity index is 424. The lowest BCUT2D eigenvalue weighted by molar-refractivity contribution is 0.0455. The molecular formula is C17H27N. The van der Waals surface area contributed by atoms with Gasteiger partial charge in [0, 0.05) is 6.04 Å². The van der Waals surface area contributed by atoms with E-state index in [-0.39, 0.29) is 0 Å². The quantitative estimate of drug-likeness (QED) is 0.839. The van der Waals surface area contributed by atoms with Gasteiger partial charge in [0.25, 0.3) is 0 Å². The second-order valence-corrected chi connectivity index (χ2v) is 6.10. The van der Waals surface area contributed by atoms with Gasteiger partial charge in [-0.25, -0.2) is 0 Å². The van der Waals surface area contributed by atoms with Crippen LogP contribution in [0.15, 0.2) is 18.2 Å². The van der Waals surface area contributed by atoms with Gasteiger partial charge in [-0.2, -0.15) is 0 Å². The van der Waals surface area contributed by atoms with Gasteiger partial charge in [-0.15, -0.1) is 0 Å². The summed E-state index contributed by atoms with van der Waals surface area (Å²) in [7, 11) is 0. The van der Waals surface area contributed by atoms with Crippen molar-refractivity contribution in [1.29, 1.82) is 0 Å².